The van der Waals surface area contributed by atoms with Gasteiger partial charge < -0.3 is 36.3 Å². The standard InChI is InChI=1S/C24H34N10O/c25-23(26)27-10-3-11-28-24-31-21(20-22(32-24)34(16-29-20)19-4-1-2-5-19)30-17-6-8-18(9-7-17)33-12-14-35-15-13-33/h6-9,16,19H,1-5,10-15H2,(H4,25,26,27)(H2,28,30,31,32). The van der Waals surface area contributed by atoms with Crippen LogP contribution < -0.4 is 27.0 Å². The lowest BCUT2D eigenvalue weighted by atomic mass is 10.2. The summed E-state index contributed by atoms with van der Waals surface area (Å²) in [5.41, 5.74) is 14.6. The van der Waals surface area contributed by atoms with Crippen LogP contribution in [-0.2, 0) is 4.74 Å². The number of aromatic nitrogens is 4. The fourth-order valence-electron chi connectivity index (χ4n) is 4.73. The monoisotopic (exact) mass is 478 g/mol. The van der Waals surface area contributed by atoms with E-state index in [1.165, 1.54) is 18.5 Å². The Morgan fingerprint density at radius 3 is 2.60 bits per heavy atom. The molecule has 1 saturated heterocycles. The lowest BCUT2D eigenvalue weighted by Gasteiger charge is -2.28. The van der Waals surface area contributed by atoms with Crippen molar-refractivity contribution in [3.8, 4) is 0 Å². The molecule has 0 unspecified atom stereocenters. The molecule has 6 N–H and O–H groups in total. The molecule has 2 aliphatic rings. The van der Waals surface area contributed by atoms with E-state index in [0.717, 1.165) is 62.4 Å². The van der Waals surface area contributed by atoms with Crippen molar-refractivity contribution in [2.24, 2.45) is 16.5 Å². The molecule has 0 atom stereocenters. The maximum atomic E-state index is 5.47. The van der Waals surface area contributed by atoms with E-state index in [1.807, 2.05) is 6.33 Å². The fourth-order valence-corrected chi connectivity index (χ4v) is 4.73. The van der Waals surface area contributed by atoms with E-state index >= 15 is 0 Å². The summed E-state index contributed by atoms with van der Waals surface area (Å²) in [4.78, 5) is 20.7. The predicted molar refractivity (Wildman–Crippen MR) is 139 cm³/mol. The molecule has 35 heavy (non-hydrogen) atoms. The van der Waals surface area contributed by atoms with Crippen molar-refractivity contribution in [2.75, 3.05) is 54.9 Å². The van der Waals surface area contributed by atoms with Crippen molar-refractivity contribution in [1.82, 2.24) is 19.5 Å². The zero-order chi connectivity index (χ0) is 24.0. The molecule has 186 valence electrons. The molecular weight excluding hydrogens is 444 g/mol. The van der Waals surface area contributed by atoms with Crippen LogP contribution in [0.3, 0.4) is 0 Å². The summed E-state index contributed by atoms with van der Waals surface area (Å²) in [6.07, 6.45) is 7.47. The lowest BCUT2D eigenvalue weighted by molar-refractivity contribution is 0.122. The molecule has 1 saturated carbocycles. The van der Waals surface area contributed by atoms with Crippen molar-refractivity contribution in [2.45, 2.75) is 38.1 Å². The van der Waals surface area contributed by atoms with Crippen LogP contribution in [0.15, 0.2) is 35.6 Å². The van der Waals surface area contributed by atoms with Gasteiger partial charge >= 0.3 is 0 Å². The van der Waals surface area contributed by atoms with Gasteiger partial charge in [-0.3, -0.25) is 4.99 Å². The molecule has 0 amide bonds. The first-order valence-corrected chi connectivity index (χ1v) is 12.4. The Kier molecular flexibility index (Phi) is 7.12. The molecule has 1 aliphatic carbocycles. The number of hydrogen-bond donors (Lipinski definition) is 4. The Labute approximate surface area is 205 Å². The molecule has 0 spiro atoms. The van der Waals surface area contributed by atoms with Gasteiger partial charge in [0.25, 0.3) is 0 Å². The third-order valence-corrected chi connectivity index (χ3v) is 6.56. The minimum Gasteiger partial charge on any atom is -0.378 e. The zero-order valence-electron chi connectivity index (χ0n) is 20.0. The zero-order valence-corrected chi connectivity index (χ0v) is 20.0. The van der Waals surface area contributed by atoms with Gasteiger partial charge in [0.05, 0.1) is 19.5 Å². The van der Waals surface area contributed by atoms with Crippen LogP contribution >= 0.6 is 0 Å². The Bertz CT molecular complexity index is 1140. The number of benzene rings is 1. The van der Waals surface area contributed by atoms with Crippen LogP contribution in [0.5, 0.6) is 0 Å². The molecule has 11 nitrogen and oxygen atoms in total. The summed E-state index contributed by atoms with van der Waals surface area (Å²) in [5.74, 6) is 1.36. The average molecular weight is 479 g/mol. The minimum atomic E-state index is 0.106. The second-order valence-electron chi connectivity index (χ2n) is 9.02. The molecule has 3 aromatic rings. The van der Waals surface area contributed by atoms with Gasteiger partial charge in [-0.25, -0.2) is 4.98 Å². The van der Waals surface area contributed by atoms with E-state index < -0.39 is 0 Å². The molecule has 2 aromatic heterocycles. The van der Waals surface area contributed by atoms with Crippen LogP contribution in [0.4, 0.5) is 23.1 Å². The second-order valence-corrected chi connectivity index (χ2v) is 9.02. The number of aliphatic imine (C=N–C) groups is 1. The van der Waals surface area contributed by atoms with Gasteiger partial charge in [-0.1, -0.05) is 12.8 Å². The van der Waals surface area contributed by atoms with E-state index in [9.17, 15) is 0 Å². The number of anilines is 4. The summed E-state index contributed by atoms with van der Waals surface area (Å²) < 4.78 is 7.68. The number of rotatable bonds is 9. The maximum Gasteiger partial charge on any atom is 0.226 e. The number of nitrogens with zero attached hydrogens (tertiary/aromatic N) is 6. The number of ether oxygens (including phenoxy) is 1. The predicted octanol–water partition coefficient (Wildman–Crippen LogP) is 2.60. The highest BCUT2D eigenvalue weighted by atomic mass is 16.5. The van der Waals surface area contributed by atoms with Gasteiger partial charge in [-0.2, -0.15) is 9.97 Å². The van der Waals surface area contributed by atoms with Crippen molar-refractivity contribution in [3.05, 3.63) is 30.6 Å². The Morgan fingerprint density at radius 1 is 1.09 bits per heavy atom. The third kappa shape index (κ3) is 5.56. The number of fused-ring (bicyclic) bond motifs is 1. The number of nitrogens with one attached hydrogen (secondary N) is 2. The summed E-state index contributed by atoms with van der Waals surface area (Å²) >= 11 is 0. The molecule has 11 heteroatoms. The number of nitrogens with two attached hydrogens (primary N) is 2. The Hall–Kier alpha value is -3.60. The number of imidazole rings is 1. The quantitative estimate of drug-likeness (QED) is 0.207. The van der Waals surface area contributed by atoms with Crippen LogP contribution in [0, 0.1) is 0 Å². The minimum absolute atomic E-state index is 0.106. The summed E-state index contributed by atoms with van der Waals surface area (Å²) in [5, 5.41) is 6.80. The second kappa shape index (κ2) is 10.8. The van der Waals surface area contributed by atoms with Gasteiger partial charge in [0.15, 0.2) is 22.9 Å². The van der Waals surface area contributed by atoms with E-state index in [2.05, 4.69) is 49.4 Å². The molecular formula is C24H34N10O. The van der Waals surface area contributed by atoms with Crippen LogP contribution in [0.25, 0.3) is 11.2 Å². The Balaban J connectivity index is 1.37. The van der Waals surface area contributed by atoms with Crippen LogP contribution in [0.2, 0.25) is 0 Å². The third-order valence-electron chi connectivity index (χ3n) is 6.56. The summed E-state index contributed by atoms with van der Waals surface area (Å²) in [7, 11) is 0. The van der Waals surface area contributed by atoms with Gasteiger partial charge in [0, 0.05) is 43.6 Å². The molecule has 1 aromatic carbocycles. The first kappa shape index (κ1) is 23.2. The molecule has 3 heterocycles. The first-order valence-electron chi connectivity index (χ1n) is 12.4. The maximum absolute atomic E-state index is 5.47. The summed E-state index contributed by atoms with van der Waals surface area (Å²) in [6, 6.07) is 8.85. The van der Waals surface area contributed by atoms with Crippen molar-refractivity contribution < 1.29 is 4.74 Å². The number of guanidine groups is 1. The smallest absolute Gasteiger partial charge is 0.226 e. The number of hydrogen-bond acceptors (Lipinski definition) is 8. The van der Waals surface area contributed by atoms with Gasteiger partial charge in [0.1, 0.15) is 0 Å². The van der Waals surface area contributed by atoms with E-state index in [-0.39, 0.29) is 5.96 Å². The average Bonchev–Trinajstić information content (AvgIpc) is 3.55. The van der Waals surface area contributed by atoms with E-state index in [0.29, 0.717) is 30.9 Å². The normalized spacial score (nSPS) is 16.5. The van der Waals surface area contributed by atoms with Gasteiger partial charge in [-0.05, 0) is 43.5 Å². The molecule has 5 rings (SSSR count). The summed E-state index contributed by atoms with van der Waals surface area (Å²) in [6.45, 7) is 4.58. The van der Waals surface area contributed by atoms with Crippen molar-refractivity contribution in [3.63, 3.8) is 0 Å². The molecule has 1 aliphatic heterocycles. The lowest BCUT2D eigenvalue weighted by Crippen LogP contribution is -2.36. The topological polar surface area (TPSA) is 145 Å². The van der Waals surface area contributed by atoms with Crippen LogP contribution in [0.1, 0.15) is 38.1 Å². The van der Waals surface area contributed by atoms with Gasteiger partial charge in [0.2, 0.25) is 5.95 Å². The Morgan fingerprint density at radius 2 is 1.86 bits per heavy atom. The number of morpholine rings is 1. The fraction of sp³-hybridized carbons (Fsp3) is 0.500. The highest BCUT2D eigenvalue weighted by Crippen LogP contribution is 2.33. The van der Waals surface area contributed by atoms with Crippen LogP contribution in [-0.4, -0.2) is 64.9 Å². The molecule has 0 radical (unpaired) electrons. The molecule has 2 fully saturated rings. The highest BCUT2D eigenvalue weighted by molar-refractivity contribution is 5.86. The first-order chi connectivity index (χ1) is 17.2. The van der Waals surface area contributed by atoms with E-state index in [4.69, 9.17) is 31.2 Å². The molecule has 0 bridgehead atoms. The largest absolute Gasteiger partial charge is 0.378 e. The van der Waals surface area contributed by atoms with Crippen molar-refractivity contribution in [1.29, 1.82) is 0 Å². The van der Waals surface area contributed by atoms with Crippen molar-refractivity contribution >= 4 is 40.3 Å². The SMILES string of the molecule is NC(N)=NCCCNc1nc(Nc2ccc(N3CCOCC3)cc2)c2ncn(C3CCCC3)c2n1. The highest BCUT2D eigenvalue weighted by Gasteiger charge is 2.22. The van der Waals surface area contributed by atoms with E-state index in [1.54, 1.807) is 0 Å². The van der Waals surface area contributed by atoms with Gasteiger partial charge in [-0.15, -0.1) is 0 Å².